The number of rotatable bonds is 11. The lowest BCUT2D eigenvalue weighted by atomic mass is 9.82. The van der Waals surface area contributed by atoms with E-state index in [1.165, 1.54) is 41.1 Å². The van der Waals surface area contributed by atoms with E-state index in [1.54, 1.807) is 11.8 Å². The minimum absolute atomic E-state index is 0.0116. The van der Waals surface area contributed by atoms with E-state index >= 15 is 4.11 Å². The summed E-state index contributed by atoms with van der Waals surface area (Å²) in [5.74, 6) is -1.62. The van der Waals surface area contributed by atoms with E-state index < -0.39 is 42.4 Å². The molecule has 1 fully saturated rings. The van der Waals surface area contributed by atoms with Crippen molar-refractivity contribution >= 4 is 48.9 Å². The summed E-state index contributed by atoms with van der Waals surface area (Å²) in [4.78, 5) is 58.1. The number of aryl methyl sites for hydroxylation is 1. The number of ether oxygens (including phenoxy) is 1. The molecule has 3 amide bonds. The first kappa shape index (κ1) is 37.1. The summed E-state index contributed by atoms with van der Waals surface area (Å²) in [7, 11) is -3.66. The summed E-state index contributed by atoms with van der Waals surface area (Å²) < 4.78 is 23.2. The molecular formula is C41H43FN4O7Si. The number of amides is 3. The van der Waals surface area contributed by atoms with Gasteiger partial charge in [-0.25, -0.2) is 0 Å². The number of para-hydroxylation sites is 1. The Morgan fingerprint density at radius 3 is 2.37 bits per heavy atom. The number of anilines is 3. The highest BCUT2D eigenvalue weighted by Gasteiger charge is 2.67. The molecule has 0 radical (unpaired) electrons. The summed E-state index contributed by atoms with van der Waals surface area (Å²) in [5, 5.41) is 21.8. The van der Waals surface area contributed by atoms with Gasteiger partial charge in [-0.2, -0.15) is 0 Å². The molecule has 4 aromatic carbocycles. The molecule has 280 valence electrons. The molecule has 0 bridgehead atoms. The maximum absolute atomic E-state index is 16.5. The van der Waals surface area contributed by atoms with Crippen LogP contribution in [0.3, 0.4) is 0 Å². The van der Waals surface area contributed by atoms with Crippen molar-refractivity contribution in [1.29, 1.82) is 0 Å². The number of non-ortho nitro benzene ring substituents is 1. The van der Waals surface area contributed by atoms with Crippen molar-refractivity contribution in [2.24, 2.45) is 5.92 Å². The monoisotopic (exact) mass is 750 g/mol. The van der Waals surface area contributed by atoms with Gasteiger partial charge in [-0.3, -0.25) is 29.4 Å². The Morgan fingerprint density at radius 1 is 0.981 bits per heavy atom. The zero-order valence-corrected chi connectivity index (χ0v) is 31.5. The van der Waals surface area contributed by atoms with Gasteiger partial charge in [-0.1, -0.05) is 67.6 Å². The van der Waals surface area contributed by atoms with Crippen LogP contribution in [0.1, 0.15) is 42.0 Å². The average molecular weight is 751 g/mol. The number of hydrogen-bond donors (Lipinski definition) is 1. The average Bonchev–Trinajstić information content (AvgIpc) is 3.57. The number of nitrogens with zero attached hydrogens (tertiary/aromatic N) is 4. The van der Waals surface area contributed by atoms with E-state index in [4.69, 9.17) is 4.74 Å². The Balaban J connectivity index is 1.21. The Hall–Kier alpha value is -5.24. The van der Waals surface area contributed by atoms with Gasteiger partial charge in [0, 0.05) is 54.4 Å². The van der Waals surface area contributed by atoms with Gasteiger partial charge in [0.15, 0.2) is 5.60 Å². The summed E-state index contributed by atoms with van der Waals surface area (Å²) in [6.07, 6.45) is -0.173. The fraction of sp³-hybridized carbons (Fsp3) is 0.341. The number of benzene rings is 4. The minimum atomic E-state index is -3.66. The first-order valence-corrected chi connectivity index (χ1v) is 21.2. The summed E-state index contributed by atoms with van der Waals surface area (Å²) in [5.41, 5.74) is 2.07. The molecule has 1 spiro atoms. The van der Waals surface area contributed by atoms with E-state index in [0.717, 1.165) is 22.4 Å². The zero-order chi connectivity index (χ0) is 38.4. The lowest BCUT2D eigenvalue weighted by Gasteiger charge is -2.31. The number of hydrogen-bond acceptors (Lipinski definition) is 7. The Kier molecular flexibility index (Phi) is 9.98. The fourth-order valence-electron chi connectivity index (χ4n) is 8.67. The van der Waals surface area contributed by atoms with Crippen LogP contribution in [0.25, 0.3) is 0 Å². The van der Waals surface area contributed by atoms with Gasteiger partial charge in [0.2, 0.25) is 20.2 Å². The number of aliphatic hydroxyl groups excluding tert-OH is 1. The predicted molar refractivity (Wildman–Crippen MR) is 204 cm³/mol. The van der Waals surface area contributed by atoms with Crippen LogP contribution in [0.4, 0.5) is 26.9 Å². The molecule has 3 heterocycles. The maximum atomic E-state index is 16.5. The fourth-order valence-corrected chi connectivity index (χ4v) is 11.2. The van der Waals surface area contributed by atoms with Gasteiger partial charge in [-0.15, -0.1) is 0 Å². The van der Waals surface area contributed by atoms with Crippen LogP contribution >= 0.6 is 0 Å². The quantitative estimate of drug-likeness (QED) is 0.0760. The normalized spacial score (nSPS) is 22.1. The molecule has 3 aliphatic rings. The van der Waals surface area contributed by atoms with Gasteiger partial charge in [-0.05, 0) is 60.5 Å². The van der Waals surface area contributed by atoms with E-state index in [9.17, 15) is 29.6 Å². The number of fused-ring (bicyclic) bond motifs is 3. The Labute approximate surface area is 314 Å². The number of aliphatic hydroxyl groups is 1. The van der Waals surface area contributed by atoms with Gasteiger partial charge in [0.05, 0.1) is 42.0 Å². The molecule has 54 heavy (non-hydrogen) atoms. The first-order chi connectivity index (χ1) is 25.8. The SMILES string of the molecule is C[C@@H]1[C@@H]([Si](C)(C)F)[C@H](CC(=O)N(CCO)Cc2ccccc2)O[C@@]12C(=O)N(Cc1ccc(N3C(=O)CCc4ccccc43)cc1)c1ccc([N+](=O)[O-])cc12. The van der Waals surface area contributed by atoms with E-state index in [2.05, 4.69) is 0 Å². The van der Waals surface area contributed by atoms with Crippen LogP contribution in [0, 0.1) is 16.0 Å². The Bertz CT molecular complexity index is 2090. The third kappa shape index (κ3) is 6.60. The molecule has 4 atom stereocenters. The van der Waals surface area contributed by atoms with Crippen molar-refractivity contribution in [2.75, 3.05) is 23.0 Å². The second-order valence-electron chi connectivity index (χ2n) is 14.9. The number of nitro groups is 1. The van der Waals surface area contributed by atoms with Gasteiger partial charge >= 0.3 is 0 Å². The van der Waals surface area contributed by atoms with Crippen molar-refractivity contribution in [1.82, 2.24) is 4.90 Å². The van der Waals surface area contributed by atoms with Crippen LogP contribution in [0.2, 0.25) is 18.6 Å². The number of halogens is 1. The third-order valence-electron chi connectivity index (χ3n) is 11.1. The highest BCUT2D eigenvalue weighted by atomic mass is 28.4. The molecule has 3 aliphatic heterocycles. The molecule has 0 unspecified atom stereocenters. The molecular weight excluding hydrogens is 708 g/mol. The zero-order valence-electron chi connectivity index (χ0n) is 30.5. The third-order valence-corrected chi connectivity index (χ3v) is 13.6. The summed E-state index contributed by atoms with van der Waals surface area (Å²) in [6, 6.07) is 28.7. The second kappa shape index (κ2) is 14.5. The number of carbonyl (C=O) groups excluding carboxylic acids is 3. The van der Waals surface area contributed by atoms with Crippen molar-refractivity contribution in [3.8, 4) is 0 Å². The molecule has 1 N–H and O–H groups in total. The first-order valence-electron chi connectivity index (χ1n) is 18.2. The van der Waals surface area contributed by atoms with Crippen LogP contribution in [0.15, 0.2) is 97.1 Å². The summed E-state index contributed by atoms with van der Waals surface area (Å²) >= 11 is 0. The van der Waals surface area contributed by atoms with Crippen molar-refractivity contribution < 1.29 is 33.3 Å². The summed E-state index contributed by atoms with van der Waals surface area (Å²) in [6.45, 7) is 4.90. The molecule has 1 saturated heterocycles. The van der Waals surface area contributed by atoms with Crippen molar-refractivity contribution in [3.63, 3.8) is 0 Å². The van der Waals surface area contributed by atoms with Crippen molar-refractivity contribution in [3.05, 3.63) is 129 Å². The maximum Gasteiger partial charge on any atom is 0.269 e. The number of carbonyl (C=O) groups is 3. The Morgan fingerprint density at radius 2 is 1.69 bits per heavy atom. The lowest BCUT2D eigenvalue weighted by molar-refractivity contribution is -0.385. The van der Waals surface area contributed by atoms with E-state index in [-0.39, 0.29) is 55.7 Å². The standard InChI is InChI=1S/C41H43FN4O7Si/c1-27-39(54(2,3)42)36(24-38(49)43(21-22-47)25-28-9-5-4-6-10-28)53-41(27)33-23-32(46(51)52)18-19-35(33)44(40(41)50)26-29-13-16-31(17-14-29)45-34-12-8-7-11-30(34)15-20-37(45)48/h4-14,16-19,23,27,36,39,47H,15,20-22,24-26H2,1-3H3/t27-,36+,39-,41+/m1/s1. The molecule has 13 heteroatoms. The molecule has 0 saturated carbocycles. The molecule has 0 aliphatic carbocycles. The highest BCUT2D eigenvalue weighted by molar-refractivity contribution is 6.72. The van der Waals surface area contributed by atoms with Gasteiger partial charge in [0.25, 0.3) is 11.6 Å². The number of nitro benzene ring substituents is 1. The smallest absolute Gasteiger partial charge is 0.269 e. The van der Waals surface area contributed by atoms with E-state index in [1.807, 2.05) is 78.9 Å². The lowest BCUT2D eigenvalue weighted by Crippen LogP contribution is -2.45. The van der Waals surface area contributed by atoms with Gasteiger partial charge in [0.1, 0.15) is 0 Å². The highest BCUT2D eigenvalue weighted by Crippen LogP contribution is 2.60. The van der Waals surface area contributed by atoms with Crippen LogP contribution < -0.4 is 9.80 Å². The molecule has 7 rings (SSSR count). The van der Waals surface area contributed by atoms with Crippen LogP contribution in [-0.2, 0) is 44.2 Å². The predicted octanol–water partition coefficient (Wildman–Crippen LogP) is 6.94. The molecule has 0 aromatic heterocycles. The van der Waals surface area contributed by atoms with E-state index in [0.29, 0.717) is 24.2 Å². The van der Waals surface area contributed by atoms with Crippen LogP contribution in [0.5, 0.6) is 0 Å². The topological polar surface area (TPSA) is 134 Å². The molecule has 11 nitrogen and oxygen atoms in total. The van der Waals surface area contributed by atoms with Crippen molar-refractivity contribution in [2.45, 2.75) is 69.6 Å². The van der Waals surface area contributed by atoms with Gasteiger partial charge < -0.3 is 23.8 Å². The minimum Gasteiger partial charge on any atom is -0.395 e. The largest absolute Gasteiger partial charge is 0.395 e. The molecule has 4 aromatic rings. The van der Waals surface area contributed by atoms with Crippen LogP contribution in [-0.4, -0.2) is 60.3 Å². The second-order valence-corrected chi connectivity index (χ2v) is 18.7.